The molecule has 3 rings (SSSR count). The molecule has 2 aromatic carbocycles. The van der Waals surface area contributed by atoms with Gasteiger partial charge >= 0.3 is 5.97 Å². The summed E-state index contributed by atoms with van der Waals surface area (Å²) in [5.41, 5.74) is 3.85. The maximum atomic E-state index is 12.9. The molecule has 1 unspecified atom stereocenters. The molecule has 0 bridgehead atoms. The highest BCUT2D eigenvalue weighted by atomic mass is 32.2. The molecule has 0 aliphatic heterocycles. The van der Waals surface area contributed by atoms with Gasteiger partial charge in [-0.15, -0.1) is 0 Å². The third-order valence-corrected chi connectivity index (χ3v) is 6.55. The summed E-state index contributed by atoms with van der Waals surface area (Å²) in [7, 11) is -3.88. The van der Waals surface area contributed by atoms with Gasteiger partial charge in [0.15, 0.2) is 0 Å². The van der Waals surface area contributed by atoms with E-state index in [9.17, 15) is 13.2 Å². The molecule has 1 N–H and O–H groups in total. The molecule has 0 radical (unpaired) electrons. The van der Waals surface area contributed by atoms with E-state index in [-0.39, 0.29) is 17.4 Å². The van der Waals surface area contributed by atoms with Crippen molar-refractivity contribution in [2.75, 3.05) is 6.61 Å². The predicted molar refractivity (Wildman–Crippen MR) is 109 cm³/mol. The third-order valence-electron chi connectivity index (χ3n) is 5.09. The van der Waals surface area contributed by atoms with Crippen LogP contribution in [0.3, 0.4) is 0 Å². The maximum absolute atomic E-state index is 12.9. The highest BCUT2D eigenvalue weighted by Gasteiger charge is 2.37. The first-order valence-electron chi connectivity index (χ1n) is 9.36. The van der Waals surface area contributed by atoms with Crippen molar-refractivity contribution in [1.29, 1.82) is 0 Å². The number of rotatable bonds is 6. The van der Waals surface area contributed by atoms with Gasteiger partial charge < -0.3 is 4.74 Å². The van der Waals surface area contributed by atoms with Crippen LogP contribution < -0.4 is 4.72 Å². The van der Waals surface area contributed by atoms with Crippen LogP contribution in [-0.2, 0) is 26.0 Å². The van der Waals surface area contributed by atoms with Gasteiger partial charge in [-0.2, -0.15) is 4.72 Å². The number of fused-ring (bicyclic) bond motifs is 1. The average molecular weight is 400 g/mol. The fraction of sp³-hybridized carbons (Fsp3) is 0.318. The largest absolute Gasteiger partial charge is 0.465 e. The number of hydrogen-bond donors (Lipinski definition) is 1. The van der Waals surface area contributed by atoms with Gasteiger partial charge in [-0.05, 0) is 55.5 Å². The minimum atomic E-state index is -3.88. The summed E-state index contributed by atoms with van der Waals surface area (Å²) in [5, 5.41) is 0. The zero-order valence-corrected chi connectivity index (χ0v) is 17.0. The lowest BCUT2D eigenvalue weighted by Crippen LogP contribution is -2.47. The summed E-state index contributed by atoms with van der Waals surface area (Å²) in [6.07, 6.45) is 1.37. The Hall–Kier alpha value is -2.44. The van der Waals surface area contributed by atoms with Crippen molar-refractivity contribution >= 4 is 21.6 Å². The minimum absolute atomic E-state index is 0.120. The second kappa shape index (κ2) is 8.29. The molecule has 6 heteroatoms. The van der Waals surface area contributed by atoms with Gasteiger partial charge in [-0.3, -0.25) is 4.79 Å². The zero-order valence-electron chi connectivity index (χ0n) is 16.1. The van der Waals surface area contributed by atoms with Crippen LogP contribution in [0.4, 0.5) is 0 Å². The molecule has 5 nitrogen and oxygen atoms in total. The fourth-order valence-electron chi connectivity index (χ4n) is 3.58. The van der Waals surface area contributed by atoms with Crippen molar-refractivity contribution in [3.63, 3.8) is 0 Å². The molecule has 2 aromatic rings. The predicted octanol–water partition coefficient (Wildman–Crippen LogP) is 3.48. The highest BCUT2D eigenvalue weighted by molar-refractivity contribution is 7.89. The molecule has 1 aliphatic rings. The molecule has 0 saturated heterocycles. The number of esters is 1. The van der Waals surface area contributed by atoms with Crippen molar-refractivity contribution < 1.29 is 17.9 Å². The van der Waals surface area contributed by atoms with Gasteiger partial charge in [0.1, 0.15) is 6.04 Å². The van der Waals surface area contributed by atoms with Gasteiger partial charge in [-0.1, -0.05) is 48.5 Å². The van der Waals surface area contributed by atoms with Crippen LogP contribution in [0.25, 0.3) is 5.57 Å². The van der Waals surface area contributed by atoms with Crippen molar-refractivity contribution in [1.82, 2.24) is 4.72 Å². The number of sulfonamides is 1. The maximum Gasteiger partial charge on any atom is 0.324 e. The second-order valence-corrected chi connectivity index (χ2v) is 8.71. The summed E-state index contributed by atoms with van der Waals surface area (Å²) in [4.78, 5) is 12.8. The topological polar surface area (TPSA) is 72.5 Å². The molecular formula is C22H25NO4S. The molecule has 2 atom stereocenters. The lowest BCUT2D eigenvalue weighted by atomic mass is 9.77. The van der Waals surface area contributed by atoms with Gasteiger partial charge in [0, 0.05) is 5.92 Å². The molecular weight excluding hydrogens is 374 g/mol. The summed E-state index contributed by atoms with van der Waals surface area (Å²) in [6.45, 7) is 7.94. The van der Waals surface area contributed by atoms with E-state index < -0.39 is 22.0 Å². The molecule has 0 amide bonds. The monoisotopic (exact) mass is 399 g/mol. The van der Waals surface area contributed by atoms with E-state index in [1.165, 1.54) is 12.1 Å². The highest BCUT2D eigenvalue weighted by Crippen LogP contribution is 2.36. The number of carbonyl (C=O) groups is 1. The van der Waals surface area contributed by atoms with E-state index in [0.717, 1.165) is 28.7 Å². The minimum Gasteiger partial charge on any atom is -0.465 e. The quantitative estimate of drug-likeness (QED) is 0.755. The van der Waals surface area contributed by atoms with Crippen LogP contribution >= 0.6 is 0 Å². The number of aryl methyl sites for hydroxylation is 2. The van der Waals surface area contributed by atoms with Crippen LogP contribution in [0.5, 0.6) is 0 Å². The van der Waals surface area contributed by atoms with Crippen LogP contribution in [-0.4, -0.2) is 27.0 Å². The Kier molecular flexibility index (Phi) is 6.01. The Balaban J connectivity index is 1.93. The second-order valence-electron chi connectivity index (χ2n) is 6.99. The number of ether oxygens (including phenoxy) is 1. The molecule has 148 valence electrons. The van der Waals surface area contributed by atoms with Crippen molar-refractivity contribution in [2.24, 2.45) is 5.92 Å². The van der Waals surface area contributed by atoms with Crippen LogP contribution in [0.15, 0.2) is 60.0 Å². The molecule has 28 heavy (non-hydrogen) atoms. The van der Waals surface area contributed by atoms with E-state index in [2.05, 4.69) is 11.3 Å². The molecule has 0 aromatic heterocycles. The number of hydrogen-bond acceptors (Lipinski definition) is 4. The standard InChI is InChI=1S/C22H25NO4S/c1-4-27-22(24)21(23-28(25,26)18-12-9-15(2)10-13-18)20-14-11-17-7-5-6-8-19(17)16(20)3/h5-10,12-13,20-21,23H,3-4,11,14H2,1-2H3/t20-,21?/m0/s1. The fourth-order valence-corrected chi connectivity index (χ4v) is 4.81. The van der Waals surface area contributed by atoms with Crippen molar-refractivity contribution in [3.05, 3.63) is 71.8 Å². The van der Waals surface area contributed by atoms with E-state index >= 15 is 0 Å². The van der Waals surface area contributed by atoms with Gasteiger partial charge in [0.25, 0.3) is 0 Å². The van der Waals surface area contributed by atoms with Gasteiger partial charge in [0.05, 0.1) is 11.5 Å². The molecule has 1 aliphatic carbocycles. The van der Waals surface area contributed by atoms with Crippen molar-refractivity contribution in [3.8, 4) is 0 Å². The van der Waals surface area contributed by atoms with E-state index in [1.807, 2.05) is 31.2 Å². The normalized spacial score (nSPS) is 17.6. The van der Waals surface area contributed by atoms with Crippen LogP contribution in [0, 0.1) is 12.8 Å². The Labute approximate surface area is 166 Å². The first-order chi connectivity index (χ1) is 13.3. The lowest BCUT2D eigenvalue weighted by molar-refractivity contribution is -0.146. The SMILES string of the molecule is C=C1c2ccccc2CC[C@@H]1C(NS(=O)(=O)c1ccc(C)cc1)C(=O)OCC. The first-order valence-corrected chi connectivity index (χ1v) is 10.8. The first kappa shape index (κ1) is 20.3. The van der Waals surface area contributed by atoms with E-state index in [1.54, 1.807) is 19.1 Å². The summed E-state index contributed by atoms with van der Waals surface area (Å²) < 4.78 is 33.6. The number of benzene rings is 2. The lowest BCUT2D eigenvalue weighted by Gasteiger charge is -2.32. The average Bonchev–Trinajstić information content (AvgIpc) is 2.67. The molecule has 0 heterocycles. The number of carbonyl (C=O) groups excluding carboxylic acids is 1. The molecule has 0 fully saturated rings. The smallest absolute Gasteiger partial charge is 0.324 e. The van der Waals surface area contributed by atoms with Crippen molar-refractivity contribution in [2.45, 2.75) is 37.6 Å². The Morgan fingerprint density at radius 2 is 1.89 bits per heavy atom. The summed E-state index contributed by atoms with van der Waals surface area (Å²) >= 11 is 0. The third kappa shape index (κ3) is 4.18. The van der Waals surface area contributed by atoms with Gasteiger partial charge in [0.2, 0.25) is 10.0 Å². The van der Waals surface area contributed by atoms with Crippen LogP contribution in [0.1, 0.15) is 30.0 Å². The Morgan fingerprint density at radius 3 is 2.57 bits per heavy atom. The van der Waals surface area contributed by atoms with E-state index in [4.69, 9.17) is 4.74 Å². The Bertz CT molecular complexity index is 980. The summed E-state index contributed by atoms with van der Waals surface area (Å²) in [6, 6.07) is 13.4. The van der Waals surface area contributed by atoms with Crippen LogP contribution in [0.2, 0.25) is 0 Å². The van der Waals surface area contributed by atoms with Gasteiger partial charge in [-0.25, -0.2) is 8.42 Å². The number of nitrogens with one attached hydrogen (secondary N) is 1. The zero-order chi connectivity index (χ0) is 20.3. The molecule has 0 spiro atoms. The summed E-state index contributed by atoms with van der Waals surface area (Å²) in [5.74, 6) is -0.946. The van der Waals surface area contributed by atoms with E-state index in [0.29, 0.717) is 6.42 Å². The molecule has 0 saturated carbocycles. The Morgan fingerprint density at radius 1 is 1.21 bits per heavy atom.